The Hall–Kier alpha value is -0.663. The van der Waals surface area contributed by atoms with Crippen LogP contribution >= 0.6 is 0 Å². The van der Waals surface area contributed by atoms with Gasteiger partial charge >= 0.3 is 0 Å². The SMILES string of the molecule is C#C[Si](C#C)(CCCCCCCCCCCCCCCCC)CCCCCCCCCCCCCCCCC. The molecule has 0 nitrogen and oxygen atoms in total. The van der Waals surface area contributed by atoms with Crippen molar-refractivity contribution in [1.82, 2.24) is 0 Å². The van der Waals surface area contributed by atoms with Gasteiger partial charge in [-0.1, -0.05) is 206 Å². The van der Waals surface area contributed by atoms with E-state index in [4.69, 9.17) is 12.8 Å². The Morgan fingerprint density at radius 2 is 0.487 bits per heavy atom. The van der Waals surface area contributed by atoms with E-state index in [0.29, 0.717) is 0 Å². The lowest BCUT2D eigenvalue weighted by atomic mass is 10.0. The molecular formula is C38H72Si. The monoisotopic (exact) mass is 557 g/mol. The molecule has 0 bridgehead atoms. The van der Waals surface area contributed by atoms with Gasteiger partial charge in [-0.05, 0) is 12.1 Å². The first-order valence-electron chi connectivity index (χ1n) is 18.2. The molecule has 0 fully saturated rings. The van der Waals surface area contributed by atoms with Gasteiger partial charge in [0.2, 0.25) is 8.07 Å². The highest BCUT2D eigenvalue weighted by Gasteiger charge is 2.27. The van der Waals surface area contributed by atoms with E-state index < -0.39 is 8.07 Å². The lowest BCUT2D eigenvalue weighted by molar-refractivity contribution is 0.533. The maximum absolute atomic E-state index is 6.01. The van der Waals surface area contributed by atoms with Gasteiger partial charge in [-0.2, -0.15) is 0 Å². The molecule has 39 heavy (non-hydrogen) atoms. The van der Waals surface area contributed by atoms with E-state index in [0.717, 1.165) is 12.1 Å². The summed E-state index contributed by atoms with van der Waals surface area (Å²) in [5.74, 6) is 0. The van der Waals surface area contributed by atoms with Gasteiger partial charge in [-0.15, -0.1) is 23.9 Å². The minimum atomic E-state index is -1.90. The Morgan fingerprint density at radius 1 is 0.308 bits per heavy atom. The summed E-state index contributed by atoms with van der Waals surface area (Å²) >= 11 is 0. The van der Waals surface area contributed by atoms with Crippen molar-refractivity contribution in [2.75, 3.05) is 0 Å². The number of rotatable bonds is 32. The summed E-state index contributed by atoms with van der Waals surface area (Å²) in [5, 5.41) is 0. The maximum Gasteiger partial charge on any atom is 0.216 e. The summed E-state index contributed by atoms with van der Waals surface area (Å²) in [7, 11) is -1.90. The van der Waals surface area contributed by atoms with Crippen LogP contribution in [0.3, 0.4) is 0 Å². The second kappa shape index (κ2) is 31.9. The van der Waals surface area contributed by atoms with Gasteiger partial charge < -0.3 is 0 Å². The first-order chi connectivity index (χ1) is 19.2. The molecule has 0 unspecified atom stereocenters. The highest BCUT2D eigenvalue weighted by Crippen LogP contribution is 2.23. The minimum absolute atomic E-state index is 1.16. The van der Waals surface area contributed by atoms with Crippen molar-refractivity contribution in [3.8, 4) is 23.9 Å². The highest BCUT2D eigenvalue weighted by atomic mass is 28.3. The van der Waals surface area contributed by atoms with Gasteiger partial charge in [-0.25, -0.2) is 0 Å². The molecule has 0 N–H and O–H groups in total. The molecule has 0 amide bonds. The van der Waals surface area contributed by atoms with Crippen molar-refractivity contribution < 1.29 is 0 Å². The molecule has 0 aliphatic carbocycles. The summed E-state index contributed by atoms with van der Waals surface area (Å²) in [6.07, 6.45) is 54.3. The molecule has 0 saturated carbocycles. The fraction of sp³-hybridized carbons (Fsp3) is 0.895. The standard InChI is InChI=1S/C38H72Si/c1-5-9-11-13-15-17-19-21-23-25-27-29-31-33-35-37-39(7-3,8-4)38-36-34-32-30-28-26-24-22-20-18-16-14-12-10-6-2/h3-4H,5-6,9-38H2,1-2H3. The van der Waals surface area contributed by atoms with Crippen LogP contribution in [0.2, 0.25) is 12.1 Å². The third kappa shape index (κ3) is 27.3. The van der Waals surface area contributed by atoms with Crippen LogP contribution in [0.15, 0.2) is 0 Å². The van der Waals surface area contributed by atoms with Crippen molar-refractivity contribution in [3.05, 3.63) is 0 Å². The third-order valence-electron chi connectivity index (χ3n) is 8.97. The zero-order valence-corrected chi connectivity index (χ0v) is 28.3. The topological polar surface area (TPSA) is 0 Å². The normalized spacial score (nSPS) is 11.5. The van der Waals surface area contributed by atoms with Crippen LogP contribution in [-0.2, 0) is 0 Å². The molecular weight excluding hydrogens is 485 g/mol. The predicted octanol–water partition coefficient (Wildman–Crippen LogP) is 13.5. The van der Waals surface area contributed by atoms with E-state index in [-0.39, 0.29) is 0 Å². The molecule has 0 aromatic heterocycles. The Morgan fingerprint density at radius 3 is 0.667 bits per heavy atom. The highest BCUT2D eigenvalue weighted by molar-refractivity contribution is 6.94. The molecule has 0 spiro atoms. The Bertz CT molecular complexity index is 500. The van der Waals surface area contributed by atoms with Crippen LogP contribution in [0, 0.1) is 23.9 Å². The van der Waals surface area contributed by atoms with E-state index >= 15 is 0 Å². The van der Waals surface area contributed by atoms with E-state index in [2.05, 4.69) is 24.9 Å². The summed E-state index contributed by atoms with van der Waals surface area (Å²) in [6.45, 7) is 4.60. The largest absolute Gasteiger partial charge is 0.216 e. The van der Waals surface area contributed by atoms with Crippen molar-refractivity contribution in [2.45, 2.75) is 219 Å². The van der Waals surface area contributed by atoms with Crippen LogP contribution in [0.1, 0.15) is 206 Å². The predicted molar refractivity (Wildman–Crippen MR) is 183 cm³/mol. The fourth-order valence-electron chi connectivity index (χ4n) is 6.05. The number of hydrogen-bond acceptors (Lipinski definition) is 0. The van der Waals surface area contributed by atoms with Crippen molar-refractivity contribution >= 4 is 8.07 Å². The second-order valence-electron chi connectivity index (χ2n) is 12.8. The lowest BCUT2D eigenvalue weighted by Gasteiger charge is -2.19. The summed E-state index contributed by atoms with van der Waals surface area (Å²) in [5.41, 5.74) is 6.33. The molecule has 228 valence electrons. The Labute approximate surface area is 250 Å². The average Bonchev–Trinajstić information content (AvgIpc) is 2.96. The van der Waals surface area contributed by atoms with E-state index in [1.165, 1.54) is 193 Å². The summed E-state index contributed by atoms with van der Waals surface area (Å²) in [4.78, 5) is 0. The third-order valence-corrected chi connectivity index (χ3v) is 12.5. The number of hydrogen-bond donors (Lipinski definition) is 0. The first kappa shape index (κ1) is 38.3. The van der Waals surface area contributed by atoms with Gasteiger partial charge in [0.25, 0.3) is 0 Å². The Balaban J connectivity index is 3.54. The molecule has 0 aliphatic heterocycles. The van der Waals surface area contributed by atoms with Gasteiger partial charge in [0.15, 0.2) is 0 Å². The van der Waals surface area contributed by atoms with Crippen molar-refractivity contribution in [2.24, 2.45) is 0 Å². The summed E-state index contributed by atoms with van der Waals surface area (Å²) < 4.78 is 0. The van der Waals surface area contributed by atoms with Gasteiger partial charge in [0, 0.05) is 0 Å². The summed E-state index contributed by atoms with van der Waals surface area (Å²) in [6, 6.07) is 2.33. The van der Waals surface area contributed by atoms with Crippen LogP contribution < -0.4 is 0 Å². The van der Waals surface area contributed by atoms with Crippen molar-refractivity contribution in [1.29, 1.82) is 0 Å². The Kier molecular flexibility index (Phi) is 31.3. The smallest absolute Gasteiger partial charge is 0.126 e. The van der Waals surface area contributed by atoms with Crippen LogP contribution in [0.5, 0.6) is 0 Å². The van der Waals surface area contributed by atoms with Crippen LogP contribution in [-0.4, -0.2) is 8.07 Å². The molecule has 0 heterocycles. The maximum atomic E-state index is 6.01. The van der Waals surface area contributed by atoms with Gasteiger partial charge in [0.05, 0.1) is 0 Å². The lowest BCUT2D eigenvalue weighted by Crippen LogP contribution is -2.30. The minimum Gasteiger partial charge on any atom is -0.126 e. The van der Waals surface area contributed by atoms with E-state index in [1.807, 2.05) is 0 Å². The average molecular weight is 557 g/mol. The molecule has 0 atom stereocenters. The number of unbranched alkanes of at least 4 members (excludes halogenated alkanes) is 28. The fourth-order valence-corrected chi connectivity index (χ4v) is 8.67. The van der Waals surface area contributed by atoms with Crippen LogP contribution in [0.25, 0.3) is 0 Å². The van der Waals surface area contributed by atoms with E-state index in [9.17, 15) is 0 Å². The van der Waals surface area contributed by atoms with Gasteiger partial charge in [-0.3, -0.25) is 0 Å². The van der Waals surface area contributed by atoms with Crippen molar-refractivity contribution in [3.63, 3.8) is 0 Å². The first-order valence-corrected chi connectivity index (χ1v) is 20.6. The molecule has 1 heteroatoms. The molecule has 0 saturated heterocycles. The molecule has 0 rings (SSSR count). The molecule has 0 aromatic rings. The number of terminal acetylenes is 2. The molecule has 0 aliphatic rings. The zero-order chi connectivity index (χ0) is 28.5. The molecule has 0 aromatic carbocycles. The van der Waals surface area contributed by atoms with Gasteiger partial charge in [0.1, 0.15) is 0 Å². The van der Waals surface area contributed by atoms with Crippen LogP contribution in [0.4, 0.5) is 0 Å². The molecule has 0 radical (unpaired) electrons. The quantitative estimate of drug-likeness (QED) is 0.0439. The van der Waals surface area contributed by atoms with E-state index in [1.54, 1.807) is 0 Å². The zero-order valence-electron chi connectivity index (χ0n) is 27.3. The second-order valence-corrected chi connectivity index (χ2v) is 16.5.